The molecule has 0 aliphatic heterocycles. The fourth-order valence-electron chi connectivity index (χ4n) is 3.06. The topological polar surface area (TPSA) is 122 Å². The van der Waals surface area contributed by atoms with Gasteiger partial charge in [-0.1, -0.05) is 41.4 Å². The highest BCUT2D eigenvalue weighted by Gasteiger charge is 2.26. The summed E-state index contributed by atoms with van der Waals surface area (Å²) in [4.78, 5) is 25.4. The molecule has 2 aromatic carbocycles. The molecular formula is C21H12Cl2N4O3. The van der Waals surface area contributed by atoms with Gasteiger partial charge < -0.3 is 10.5 Å². The molecule has 0 saturated heterocycles. The molecule has 0 radical (unpaired) electrons. The molecule has 7 nitrogen and oxygen atoms in total. The number of halogens is 2. The monoisotopic (exact) mass is 438 g/mol. The van der Waals surface area contributed by atoms with Crippen LogP contribution in [0.5, 0.6) is 0 Å². The van der Waals surface area contributed by atoms with Crippen molar-refractivity contribution in [1.82, 2.24) is 4.57 Å². The number of benzene rings is 2. The van der Waals surface area contributed by atoms with Crippen LogP contribution in [0.1, 0.15) is 21.5 Å². The summed E-state index contributed by atoms with van der Waals surface area (Å²) >= 11 is 12.2. The highest BCUT2D eigenvalue weighted by molar-refractivity contribution is 6.36. The Morgan fingerprint density at radius 2 is 1.77 bits per heavy atom. The number of nitriles is 2. The van der Waals surface area contributed by atoms with Crippen LogP contribution in [0.3, 0.4) is 0 Å². The second-order valence-electron chi connectivity index (χ2n) is 6.01. The van der Waals surface area contributed by atoms with Crippen LogP contribution in [-0.4, -0.2) is 17.6 Å². The zero-order chi connectivity index (χ0) is 22.0. The van der Waals surface area contributed by atoms with E-state index in [4.69, 9.17) is 33.7 Å². The van der Waals surface area contributed by atoms with Gasteiger partial charge in [0.05, 0.1) is 18.4 Å². The van der Waals surface area contributed by atoms with Crippen LogP contribution in [0.15, 0.2) is 47.3 Å². The SMILES string of the molecule is COC(=O)c1ccccc1-n1c(N)c(C#N)c(-c2ccc(Cl)cc2Cl)c(C#N)c1=O. The standard InChI is InChI=1S/C21H12Cl2N4O3/c1-30-21(29)13-4-2-3-5-17(13)27-19(26)14(9-24)18(15(10-25)20(27)28)12-7-6-11(22)8-16(12)23/h2-8H,26H2,1H3. The molecule has 9 heteroatoms. The van der Waals surface area contributed by atoms with Gasteiger partial charge in [-0.3, -0.25) is 9.36 Å². The number of nitrogens with zero attached hydrogens (tertiary/aromatic N) is 3. The third-order valence-electron chi connectivity index (χ3n) is 4.39. The van der Waals surface area contributed by atoms with Gasteiger partial charge in [-0.05, 0) is 24.3 Å². The average molecular weight is 439 g/mol. The zero-order valence-electron chi connectivity index (χ0n) is 15.4. The van der Waals surface area contributed by atoms with Crippen molar-refractivity contribution in [2.24, 2.45) is 0 Å². The predicted molar refractivity (Wildman–Crippen MR) is 113 cm³/mol. The minimum atomic E-state index is -0.814. The van der Waals surface area contributed by atoms with Crippen LogP contribution in [0.25, 0.3) is 16.8 Å². The summed E-state index contributed by atoms with van der Waals surface area (Å²) in [5.41, 5.74) is 5.25. The summed E-state index contributed by atoms with van der Waals surface area (Å²) in [5, 5.41) is 20.0. The number of methoxy groups -OCH3 is 1. The molecule has 3 rings (SSSR count). The van der Waals surface area contributed by atoms with Crippen LogP contribution in [0, 0.1) is 22.7 Å². The molecule has 0 aliphatic rings. The lowest BCUT2D eigenvalue weighted by Crippen LogP contribution is -2.27. The number of pyridine rings is 1. The number of anilines is 1. The molecule has 0 atom stereocenters. The molecule has 0 fully saturated rings. The predicted octanol–water partition coefficient (Wildman–Crippen LogP) is 3.92. The van der Waals surface area contributed by atoms with Crippen LogP contribution >= 0.6 is 23.2 Å². The number of nitrogens with two attached hydrogens (primary N) is 1. The first-order valence-electron chi connectivity index (χ1n) is 8.37. The summed E-state index contributed by atoms with van der Waals surface area (Å²) in [6.45, 7) is 0. The quantitative estimate of drug-likeness (QED) is 0.618. The van der Waals surface area contributed by atoms with Crippen LogP contribution in [0.2, 0.25) is 10.0 Å². The zero-order valence-corrected chi connectivity index (χ0v) is 17.0. The maximum absolute atomic E-state index is 13.3. The van der Waals surface area contributed by atoms with E-state index in [1.165, 1.54) is 37.4 Å². The Hall–Kier alpha value is -3.78. The lowest BCUT2D eigenvalue weighted by Gasteiger charge is -2.18. The van der Waals surface area contributed by atoms with Crippen molar-refractivity contribution in [3.05, 3.63) is 79.6 Å². The molecule has 30 heavy (non-hydrogen) atoms. The largest absolute Gasteiger partial charge is 0.465 e. The summed E-state index contributed by atoms with van der Waals surface area (Å²) in [6, 6.07) is 14.3. The average Bonchev–Trinajstić information content (AvgIpc) is 2.73. The first-order valence-corrected chi connectivity index (χ1v) is 9.13. The van der Waals surface area contributed by atoms with E-state index in [-0.39, 0.29) is 44.3 Å². The van der Waals surface area contributed by atoms with Gasteiger partial charge in [-0.25, -0.2) is 4.79 Å². The minimum Gasteiger partial charge on any atom is -0.465 e. The Bertz CT molecular complexity index is 1330. The maximum Gasteiger partial charge on any atom is 0.339 e. The fourth-order valence-corrected chi connectivity index (χ4v) is 3.56. The van der Waals surface area contributed by atoms with E-state index < -0.39 is 11.5 Å². The van der Waals surface area contributed by atoms with Crippen molar-refractivity contribution in [1.29, 1.82) is 10.5 Å². The van der Waals surface area contributed by atoms with Crippen molar-refractivity contribution in [2.45, 2.75) is 0 Å². The molecule has 0 saturated carbocycles. The summed E-state index contributed by atoms with van der Waals surface area (Å²) < 4.78 is 5.70. The van der Waals surface area contributed by atoms with Gasteiger partial charge >= 0.3 is 5.97 Å². The van der Waals surface area contributed by atoms with Gasteiger partial charge in [0.25, 0.3) is 5.56 Å². The molecule has 0 spiro atoms. The van der Waals surface area contributed by atoms with Crippen molar-refractivity contribution in [3.63, 3.8) is 0 Å². The first-order chi connectivity index (χ1) is 14.3. The Labute approximate surface area is 181 Å². The fraction of sp³-hybridized carbons (Fsp3) is 0.0476. The number of hydrogen-bond donors (Lipinski definition) is 1. The Balaban J connectivity index is 2.48. The molecule has 1 aromatic heterocycles. The molecule has 0 unspecified atom stereocenters. The second kappa shape index (κ2) is 8.30. The lowest BCUT2D eigenvalue weighted by molar-refractivity contribution is 0.0601. The number of para-hydroxylation sites is 1. The molecule has 0 amide bonds. The van der Waals surface area contributed by atoms with Crippen molar-refractivity contribution in [3.8, 4) is 29.0 Å². The number of carbonyl (C=O) groups excluding carboxylic acids is 1. The number of ether oxygens (including phenoxy) is 1. The maximum atomic E-state index is 13.3. The summed E-state index contributed by atoms with van der Waals surface area (Å²) in [5.74, 6) is -0.961. The lowest BCUT2D eigenvalue weighted by atomic mass is 9.96. The van der Waals surface area contributed by atoms with Crippen molar-refractivity contribution in [2.75, 3.05) is 12.8 Å². The van der Waals surface area contributed by atoms with Gasteiger partial charge in [-0.15, -0.1) is 0 Å². The molecule has 1 heterocycles. The molecule has 0 aliphatic carbocycles. The highest BCUT2D eigenvalue weighted by Crippen LogP contribution is 2.36. The van der Waals surface area contributed by atoms with E-state index in [1.807, 2.05) is 12.1 Å². The van der Waals surface area contributed by atoms with Gasteiger partial charge in [0, 0.05) is 21.2 Å². The number of esters is 1. The first kappa shape index (κ1) is 20.9. The van der Waals surface area contributed by atoms with Gasteiger partial charge in [0.15, 0.2) is 0 Å². The summed E-state index contributed by atoms with van der Waals surface area (Å²) in [6.07, 6.45) is 0. The van der Waals surface area contributed by atoms with E-state index in [1.54, 1.807) is 12.1 Å². The molecule has 148 valence electrons. The Kier molecular flexibility index (Phi) is 5.79. The van der Waals surface area contributed by atoms with E-state index in [9.17, 15) is 20.1 Å². The molecule has 2 N–H and O–H groups in total. The van der Waals surface area contributed by atoms with Gasteiger partial charge in [-0.2, -0.15) is 10.5 Å². The minimum absolute atomic E-state index is 0.00374. The number of nitrogen functional groups attached to an aromatic ring is 1. The van der Waals surface area contributed by atoms with Crippen molar-refractivity contribution < 1.29 is 9.53 Å². The van der Waals surface area contributed by atoms with E-state index in [2.05, 4.69) is 0 Å². The molecule has 0 bridgehead atoms. The molecule has 3 aromatic rings. The number of rotatable bonds is 3. The summed E-state index contributed by atoms with van der Waals surface area (Å²) in [7, 11) is 1.19. The highest BCUT2D eigenvalue weighted by atomic mass is 35.5. The van der Waals surface area contributed by atoms with E-state index in [0.29, 0.717) is 5.02 Å². The number of carbonyl (C=O) groups is 1. The molecular weight excluding hydrogens is 427 g/mol. The smallest absolute Gasteiger partial charge is 0.339 e. The van der Waals surface area contributed by atoms with Crippen LogP contribution in [0.4, 0.5) is 5.82 Å². The van der Waals surface area contributed by atoms with E-state index >= 15 is 0 Å². The third-order valence-corrected chi connectivity index (χ3v) is 4.94. The Morgan fingerprint density at radius 3 is 2.37 bits per heavy atom. The number of aromatic nitrogens is 1. The van der Waals surface area contributed by atoms with Crippen LogP contribution in [-0.2, 0) is 4.74 Å². The number of hydrogen-bond acceptors (Lipinski definition) is 6. The normalized spacial score (nSPS) is 10.2. The third kappa shape index (κ3) is 3.37. The van der Waals surface area contributed by atoms with E-state index in [0.717, 1.165) is 4.57 Å². The van der Waals surface area contributed by atoms with Gasteiger partial charge in [0.2, 0.25) is 0 Å². The Morgan fingerprint density at radius 1 is 1.10 bits per heavy atom. The van der Waals surface area contributed by atoms with Crippen molar-refractivity contribution >= 4 is 35.0 Å². The second-order valence-corrected chi connectivity index (χ2v) is 6.85. The van der Waals surface area contributed by atoms with Crippen LogP contribution < -0.4 is 11.3 Å². The van der Waals surface area contributed by atoms with Gasteiger partial charge in [0.1, 0.15) is 29.1 Å².